The number of carbonyl (C=O) groups is 1. The first-order valence-corrected chi connectivity index (χ1v) is 7.63. The zero-order valence-corrected chi connectivity index (χ0v) is 13.0. The van der Waals surface area contributed by atoms with Crippen LogP contribution in [0.5, 0.6) is 5.75 Å². The number of furan rings is 1. The molecule has 6 heteroatoms. The first kappa shape index (κ1) is 14.1. The maximum Gasteiger partial charge on any atom is 0.289 e. The Hall–Kier alpha value is -1.82. The fraction of sp³-hybridized carbons (Fsp3) is 0.333. The Morgan fingerprint density at radius 2 is 2.14 bits per heavy atom. The fourth-order valence-corrected chi connectivity index (χ4v) is 2.68. The standard InChI is InChI=1S/C15H15BrN2O3/c16-14-4-3-13(21-14)15(19)18-8-5-11(6-9-18)20-12-2-1-7-17-10-12/h1-4,7,10-11H,5-6,8-9H2. The normalized spacial score (nSPS) is 16.0. The molecule has 0 N–H and O–H groups in total. The van der Waals surface area contributed by atoms with Crippen LogP contribution in [0.25, 0.3) is 0 Å². The summed E-state index contributed by atoms with van der Waals surface area (Å²) >= 11 is 3.21. The van der Waals surface area contributed by atoms with Crippen molar-refractivity contribution in [3.8, 4) is 5.75 Å². The zero-order chi connectivity index (χ0) is 14.7. The number of hydrogen-bond acceptors (Lipinski definition) is 4. The van der Waals surface area contributed by atoms with Gasteiger partial charge in [-0.15, -0.1) is 0 Å². The van der Waals surface area contributed by atoms with Crippen molar-refractivity contribution in [3.05, 3.63) is 47.1 Å². The van der Waals surface area contributed by atoms with Gasteiger partial charge in [-0.1, -0.05) is 0 Å². The van der Waals surface area contributed by atoms with Crippen molar-refractivity contribution in [1.29, 1.82) is 0 Å². The van der Waals surface area contributed by atoms with Gasteiger partial charge in [0.05, 0.1) is 6.20 Å². The average Bonchev–Trinajstić information content (AvgIpc) is 2.95. The highest BCUT2D eigenvalue weighted by Gasteiger charge is 2.26. The molecule has 0 aromatic carbocycles. The summed E-state index contributed by atoms with van der Waals surface area (Å²) in [7, 11) is 0. The van der Waals surface area contributed by atoms with E-state index in [9.17, 15) is 4.79 Å². The molecule has 0 atom stereocenters. The van der Waals surface area contributed by atoms with Crippen LogP contribution >= 0.6 is 15.9 Å². The van der Waals surface area contributed by atoms with Gasteiger partial charge in [0.2, 0.25) is 0 Å². The second kappa shape index (κ2) is 6.30. The zero-order valence-electron chi connectivity index (χ0n) is 11.4. The number of nitrogens with zero attached hydrogens (tertiary/aromatic N) is 2. The molecule has 0 aliphatic carbocycles. The molecule has 0 spiro atoms. The van der Waals surface area contributed by atoms with Crippen LogP contribution in [0, 0.1) is 0 Å². The number of rotatable bonds is 3. The second-order valence-corrected chi connectivity index (χ2v) is 5.68. The van der Waals surface area contributed by atoms with Crippen molar-refractivity contribution in [2.75, 3.05) is 13.1 Å². The minimum atomic E-state index is -0.0690. The van der Waals surface area contributed by atoms with Gasteiger partial charge in [-0.25, -0.2) is 0 Å². The van der Waals surface area contributed by atoms with Crippen LogP contribution in [-0.4, -0.2) is 35.0 Å². The molecule has 0 saturated carbocycles. The lowest BCUT2D eigenvalue weighted by Gasteiger charge is -2.31. The molecule has 2 aromatic heterocycles. The van der Waals surface area contributed by atoms with E-state index >= 15 is 0 Å². The summed E-state index contributed by atoms with van der Waals surface area (Å²) in [5.41, 5.74) is 0. The summed E-state index contributed by atoms with van der Waals surface area (Å²) in [6, 6.07) is 7.16. The number of aromatic nitrogens is 1. The van der Waals surface area contributed by atoms with Gasteiger partial charge >= 0.3 is 0 Å². The highest BCUT2D eigenvalue weighted by Crippen LogP contribution is 2.21. The lowest BCUT2D eigenvalue weighted by atomic mass is 10.1. The molecule has 1 saturated heterocycles. The van der Waals surface area contributed by atoms with Gasteiger partial charge in [0.1, 0.15) is 11.9 Å². The van der Waals surface area contributed by atoms with E-state index in [1.165, 1.54) is 0 Å². The molecule has 0 bridgehead atoms. The molecule has 3 heterocycles. The van der Waals surface area contributed by atoms with E-state index in [0.717, 1.165) is 18.6 Å². The molecule has 0 unspecified atom stereocenters. The molecule has 1 aliphatic heterocycles. The molecule has 1 amide bonds. The van der Waals surface area contributed by atoms with E-state index in [1.54, 1.807) is 29.4 Å². The van der Waals surface area contributed by atoms with Crippen LogP contribution in [0.3, 0.4) is 0 Å². The van der Waals surface area contributed by atoms with Gasteiger partial charge in [0, 0.05) is 32.1 Å². The third-order valence-corrected chi connectivity index (χ3v) is 3.88. The highest BCUT2D eigenvalue weighted by atomic mass is 79.9. The van der Waals surface area contributed by atoms with Crippen molar-refractivity contribution in [2.24, 2.45) is 0 Å². The third kappa shape index (κ3) is 3.44. The number of piperidine rings is 1. The lowest BCUT2D eigenvalue weighted by Crippen LogP contribution is -2.41. The fourth-order valence-electron chi connectivity index (χ4n) is 2.37. The van der Waals surface area contributed by atoms with Gasteiger partial charge in [-0.05, 0) is 40.2 Å². The van der Waals surface area contributed by atoms with E-state index in [0.29, 0.717) is 23.5 Å². The minimum absolute atomic E-state index is 0.0690. The number of hydrogen-bond donors (Lipinski definition) is 0. The molecule has 2 aromatic rings. The number of ether oxygens (including phenoxy) is 1. The van der Waals surface area contributed by atoms with Gasteiger partial charge in [-0.2, -0.15) is 0 Å². The molecular weight excluding hydrogens is 336 g/mol. The Bertz CT molecular complexity index is 606. The molecule has 21 heavy (non-hydrogen) atoms. The van der Waals surface area contributed by atoms with Crippen LogP contribution < -0.4 is 4.74 Å². The monoisotopic (exact) mass is 350 g/mol. The van der Waals surface area contributed by atoms with Crippen molar-refractivity contribution in [2.45, 2.75) is 18.9 Å². The Kier molecular flexibility index (Phi) is 4.24. The first-order valence-electron chi connectivity index (χ1n) is 6.83. The van der Waals surface area contributed by atoms with Crippen molar-refractivity contribution in [3.63, 3.8) is 0 Å². The van der Waals surface area contributed by atoms with Crippen LogP contribution in [0.4, 0.5) is 0 Å². The first-order chi connectivity index (χ1) is 10.2. The predicted octanol–water partition coefficient (Wildman–Crippen LogP) is 3.12. The molecule has 0 radical (unpaired) electrons. The summed E-state index contributed by atoms with van der Waals surface area (Å²) in [5, 5.41) is 0. The van der Waals surface area contributed by atoms with Crippen LogP contribution in [-0.2, 0) is 0 Å². The van der Waals surface area contributed by atoms with E-state index in [1.807, 2.05) is 12.1 Å². The quantitative estimate of drug-likeness (QED) is 0.853. The van der Waals surface area contributed by atoms with Crippen LogP contribution in [0.2, 0.25) is 0 Å². The molecule has 110 valence electrons. The summed E-state index contributed by atoms with van der Waals surface area (Å²) in [5.74, 6) is 1.08. The molecule has 5 nitrogen and oxygen atoms in total. The number of carbonyl (C=O) groups excluding carboxylic acids is 1. The Morgan fingerprint density at radius 1 is 1.33 bits per heavy atom. The summed E-state index contributed by atoms with van der Waals surface area (Å²) in [6.45, 7) is 1.34. The summed E-state index contributed by atoms with van der Waals surface area (Å²) < 4.78 is 11.7. The molecular formula is C15H15BrN2O3. The molecule has 1 fully saturated rings. The van der Waals surface area contributed by atoms with E-state index in [-0.39, 0.29) is 12.0 Å². The smallest absolute Gasteiger partial charge is 0.289 e. The molecule has 3 rings (SSSR count). The predicted molar refractivity (Wildman–Crippen MR) is 80.2 cm³/mol. The Labute approximate surface area is 131 Å². The number of likely N-dealkylation sites (tertiary alicyclic amines) is 1. The van der Waals surface area contributed by atoms with Crippen LogP contribution in [0.15, 0.2) is 45.7 Å². The van der Waals surface area contributed by atoms with E-state index in [2.05, 4.69) is 20.9 Å². The van der Waals surface area contributed by atoms with Crippen LogP contribution in [0.1, 0.15) is 23.4 Å². The largest absolute Gasteiger partial charge is 0.489 e. The van der Waals surface area contributed by atoms with Gasteiger partial charge in [0.25, 0.3) is 5.91 Å². The maximum absolute atomic E-state index is 12.2. The lowest BCUT2D eigenvalue weighted by molar-refractivity contribution is 0.0565. The van der Waals surface area contributed by atoms with Crippen molar-refractivity contribution >= 4 is 21.8 Å². The average molecular weight is 351 g/mol. The number of pyridine rings is 1. The van der Waals surface area contributed by atoms with Gasteiger partial charge < -0.3 is 14.1 Å². The van der Waals surface area contributed by atoms with Crippen molar-refractivity contribution in [1.82, 2.24) is 9.88 Å². The SMILES string of the molecule is O=C(c1ccc(Br)o1)N1CCC(Oc2cccnc2)CC1. The number of amides is 1. The van der Waals surface area contributed by atoms with E-state index in [4.69, 9.17) is 9.15 Å². The summed E-state index contributed by atoms with van der Waals surface area (Å²) in [6.07, 6.45) is 5.17. The maximum atomic E-state index is 12.2. The number of halogens is 1. The highest BCUT2D eigenvalue weighted by molar-refractivity contribution is 9.10. The second-order valence-electron chi connectivity index (χ2n) is 4.90. The van der Waals surface area contributed by atoms with Crippen molar-refractivity contribution < 1.29 is 13.9 Å². The topological polar surface area (TPSA) is 55.6 Å². The van der Waals surface area contributed by atoms with Gasteiger partial charge in [0.15, 0.2) is 10.4 Å². The molecule has 1 aliphatic rings. The minimum Gasteiger partial charge on any atom is -0.489 e. The Balaban J connectivity index is 1.54. The summed E-state index contributed by atoms with van der Waals surface area (Å²) in [4.78, 5) is 18.1. The Morgan fingerprint density at radius 3 is 2.76 bits per heavy atom. The third-order valence-electron chi connectivity index (χ3n) is 3.45. The van der Waals surface area contributed by atoms with Gasteiger partial charge in [-0.3, -0.25) is 9.78 Å². The van der Waals surface area contributed by atoms with E-state index < -0.39 is 0 Å².